The average Bonchev–Trinajstić information content (AvgIpc) is 2.76. The summed E-state index contributed by atoms with van der Waals surface area (Å²) < 4.78 is 6.01. The number of anilines is 1. The first-order valence-electron chi connectivity index (χ1n) is 9.70. The van der Waals surface area contributed by atoms with Crippen LogP contribution in [0.4, 0.5) is 5.69 Å². The first-order chi connectivity index (χ1) is 15.0. The van der Waals surface area contributed by atoms with Gasteiger partial charge in [0.25, 0.3) is 5.91 Å². The van der Waals surface area contributed by atoms with Gasteiger partial charge in [-0.25, -0.2) is 0 Å². The lowest BCUT2D eigenvalue weighted by Crippen LogP contribution is -2.32. The molecule has 1 N–H and O–H groups in total. The van der Waals surface area contributed by atoms with Crippen LogP contribution in [0.1, 0.15) is 11.1 Å². The first-order valence-corrected chi connectivity index (χ1v) is 10.9. The molecule has 0 unspecified atom stereocenters. The highest BCUT2D eigenvalue weighted by Gasteiger charge is 2.15. The lowest BCUT2D eigenvalue weighted by atomic mass is 10.1. The highest BCUT2D eigenvalue weighted by Crippen LogP contribution is 2.25. The molecule has 0 aliphatic heterocycles. The van der Waals surface area contributed by atoms with Crippen molar-refractivity contribution in [3.05, 3.63) is 99.5 Å². The Kier molecular flexibility index (Phi) is 8.64. The SMILES string of the molecule is O=C(COC(=O)CN(Cc1ccccc1)Cc1ccccc1)Nc1ccc(Br)cc1Cl. The van der Waals surface area contributed by atoms with Crippen molar-refractivity contribution < 1.29 is 14.3 Å². The van der Waals surface area contributed by atoms with Crippen molar-refractivity contribution in [2.75, 3.05) is 18.5 Å². The summed E-state index contributed by atoms with van der Waals surface area (Å²) >= 11 is 9.41. The molecule has 160 valence electrons. The van der Waals surface area contributed by atoms with Gasteiger partial charge < -0.3 is 10.1 Å². The predicted octanol–water partition coefficient (Wildman–Crippen LogP) is 5.29. The van der Waals surface area contributed by atoms with Gasteiger partial charge >= 0.3 is 5.97 Å². The Hall–Kier alpha value is -2.67. The monoisotopic (exact) mass is 500 g/mol. The third-order valence-corrected chi connectivity index (χ3v) is 5.23. The van der Waals surface area contributed by atoms with Crippen molar-refractivity contribution in [1.82, 2.24) is 4.90 Å². The summed E-state index contributed by atoms with van der Waals surface area (Å²) in [6.07, 6.45) is 0. The van der Waals surface area contributed by atoms with Crippen LogP contribution < -0.4 is 5.32 Å². The van der Waals surface area contributed by atoms with Crippen LogP contribution in [0.25, 0.3) is 0 Å². The van der Waals surface area contributed by atoms with Gasteiger partial charge in [0.15, 0.2) is 6.61 Å². The van der Waals surface area contributed by atoms with E-state index in [1.165, 1.54) is 0 Å². The zero-order valence-electron chi connectivity index (χ0n) is 16.8. The molecule has 0 saturated carbocycles. The van der Waals surface area contributed by atoms with Crippen LogP contribution in [0.15, 0.2) is 83.3 Å². The number of benzene rings is 3. The number of hydrogen-bond donors (Lipinski definition) is 1. The molecule has 0 fully saturated rings. The number of carbonyl (C=O) groups excluding carboxylic acids is 2. The Morgan fingerprint density at radius 2 is 1.48 bits per heavy atom. The Morgan fingerprint density at radius 3 is 2.03 bits per heavy atom. The average molecular weight is 502 g/mol. The maximum Gasteiger partial charge on any atom is 0.320 e. The van der Waals surface area contributed by atoms with Gasteiger partial charge in [-0.15, -0.1) is 0 Å². The predicted molar refractivity (Wildman–Crippen MR) is 126 cm³/mol. The van der Waals surface area contributed by atoms with E-state index in [-0.39, 0.29) is 13.2 Å². The minimum Gasteiger partial charge on any atom is -0.455 e. The molecule has 1 amide bonds. The van der Waals surface area contributed by atoms with Gasteiger partial charge in [0, 0.05) is 17.6 Å². The summed E-state index contributed by atoms with van der Waals surface area (Å²) in [6, 6.07) is 24.9. The molecule has 0 aromatic heterocycles. The summed E-state index contributed by atoms with van der Waals surface area (Å²) in [5.41, 5.74) is 2.64. The molecule has 31 heavy (non-hydrogen) atoms. The third kappa shape index (κ3) is 7.83. The molecule has 0 aliphatic rings. The number of hydrogen-bond acceptors (Lipinski definition) is 4. The van der Waals surface area contributed by atoms with Crippen LogP contribution >= 0.6 is 27.5 Å². The van der Waals surface area contributed by atoms with Crippen LogP contribution in [-0.2, 0) is 27.4 Å². The molecule has 0 radical (unpaired) electrons. The molecule has 3 aromatic rings. The zero-order valence-corrected chi connectivity index (χ0v) is 19.1. The van der Waals surface area contributed by atoms with E-state index in [2.05, 4.69) is 21.2 Å². The van der Waals surface area contributed by atoms with Crippen LogP contribution in [0.2, 0.25) is 5.02 Å². The maximum atomic E-state index is 12.4. The molecule has 0 bridgehead atoms. The molecule has 0 spiro atoms. The maximum absolute atomic E-state index is 12.4. The number of carbonyl (C=O) groups is 2. The van der Waals surface area contributed by atoms with Gasteiger partial charge in [-0.3, -0.25) is 14.5 Å². The van der Waals surface area contributed by atoms with Crippen molar-refractivity contribution >= 4 is 45.1 Å². The summed E-state index contributed by atoms with van der Waals surface area (Å²) in [4.78, 5) is 26.6. The fourth-order valence-electron chi connectivity index (χ4n) is 3.00. The minimum atomic E-state index is -0.469. The number of nitrogens with zero attached hydrogens (tertiary/aromatic N) is 1. The van der Waals surface area contributed by atoms with Crippen molar-refractivity contribution in [2.24, 2.45) is 0 Å². The Balaban J connectivity index is 1.55. The number of ether oxygens (including phenoxy) is 1. The van der Waals surface area contributed by atoms with Gasteiger partial charge in [-0.2, -0.15) is 0 Å². The van der Waals surface area contributed by atoms with E-state index in [0.29, 0.717) is 23.8 Å². The normalized spacial score (nSPS) is 10.7. The van der Waals surface area contributed by atoms with E-state index in [1.807, 2.05) is 65.6 Å². The lowest BCUT2D eigenvalue weighted by molar-refractivity contribution is -0.148. The van der Waals surface area contributed by atoms with Crippen molar-refractivity contribution in [2.45, 2.75) is 13.1 Å². The van der Waals surface area contributed by atoms with Crippen molar-refractivity contribution in [3.63, 3.8) is 0 Å². The second-order valence-electron chi connectivity index (χ2n) is 6.95. The third-order valence-electron chi connectivity index (χ3n) is 4.42. The molecule has 3 rings (SSSR count). The second kappa shape index (κ2) is 11.6. The topological polar surface area (TPSA) is 58.6 Å². The van der Waals surface area contributed by atoms with Crippen LogP contribution in [0, 0.1) is 0 Å². The smallest absolute Gasteiger partial charge is 0.320 e. The molecule has 0 aliphatic carbocycles. The fraction of sp³-hybridized carbons (Fsp3) is 0.167. The summed E-state index contributed by atoms with van der Waals surface area (Å²) in [6.45, 7) is 0.864. The number of nitrogens with one attached hydrogen (secondary N) is 1. The number of amides is 1. The highest BCUT2D eigenvalue weighted by molar-refractivity contribution is 9.10. The quantitative estimate of drug-likeness (QED) is 0.405. The number of halogens is 2. The summed E-state index contributed by atoms with van der Waals surface area (Å²) in [5.74, 6) is -0.917. The fourth-order valence-corrected chi connectivity index (χ4v) is 3.72. The van der Waals surface area contributed by atoms with Crippen molar-refractivity contribution in [3.8, 4) is 0 Å². The molecule has 5 nitrogen and oxygen atoms in total. The highest BCUT2D eigenvalue weighted by atomic mass is 79.9. The van der Waals surface area contributed by atoms with Crippen molar-refractivity contribution in [1.29, 1.82) is 0 Å². The molecule has 0 saturated heterocycles. The Bertz CT molecular complexity index is 974. The van der Waals surface area contributed by atoms with Crippen LogP contribution in [0.5, 0.6) is 0 Å². The molecule has 0 atom stereocenters. The largest absolute Gasteiger partial charge is 0.455 e. The van der Waals surface area contributed by atoms with E-state index in [1.54, 1.807) is 18.2 Å². The number of rotatable bonds is 9. The van der Waals surface area contributed by atoms with E-state index in [4.69, 9.17) is 16.3 Å². The van der Waals surface area contributed by atoms with E-state index < -0.39 is 11.9 Å². The lowest BCUT2D eigenvalue weighted by Gasteiger charge is -2.21. The van der Waals surface area contributed by atoms with Gasteiger partial charge in [-0.1, -0.05) is 88.2 Å². The molecular formula is C24H22BrClN2O3. The molecular weight excluding hydrogens is 480 g/mol. The minimum absolute atomic E-state index is 0.0656. The first kappa shape index (κ1) is 23.0. The summed E-state index contributed by atoms with van der Waals surface area (Å²) in [5, 5.41) is 3.04. The summed E-state index contributed by atoms with van der Waals surface area (Å²) in [7, 11) is 0. The van der Waals surface area contributed by atoms with Gasteiger partial charge in [-0.05, 0) is 29.3 Å². The van der Waals surface area contributed by atoms with E-state index >= 15 is 0 Å². The standard InChI is InChI=1S/C24H22BrClN2O3/c25-20-11-12-22(21(26)13-20)27-23(29)17-31-24(30)16-28(14-18-7-3-1-4-8-18)15-19-9-5-2-6-10-19/h1-13H,14-17H2,(H,27,29). The van der Waals surface area contributed by atoms with E-state index in [0.717, 1.165) is 15.6 Å². The Morgan fingerprint density at radius 1 is 0.903 bits per heavy atom. The Labute approximate surface area is 195 Å². The van der Waals surface area contributed by atoms with Gasteiger partial charge in [0.2, 0.25) is 0 Å². The van der Waals surface area contributed by atoms with Crippen LogP contribution in [-0.4, -0.2) is 29.9 Å². The van der Waals surface area contributed by atoms with E-state index in [9.17, 15) is 9.59 Å². The van der Waals surface area contributed by atoms with Crippen LogP contribution in [0.3, 0.4) is 0 Å². The van der Waals surface area contributed by atoms with Gasteiger partial charge in [0.05, 0.1) is 17.3 Å². The zero-order chi connectivity index (χ0) is 22.1. The second-order valence-corrected chi connectivity index (χ2v) is 8.27. The molecule has 0 heterocycles. The number of esters is 1. The molecule has 7 heteroatoms. The molecule has 3 aromatic carbocycles. The van der Waals surface area contributed by atoms with Gasteiger partial charge in [0.1, 0.15) is 0 Å².